The fourth-order valence-corrected chi connectivity index (χ4v) is 4.76. The minimum atomic E-state index is 0.0653. The van der Waals surface area contributed by atoms with Gasteiger partial charge < -0.3 is 9.88 Å². The van der Waals surface area contributed by atoms with Gasteiger partial charge in [-0.2, -0.15) is 5.10 Å². The second-order valence-electron chi connectivity index (χ2n) is 7.95. The summed E-state index contributed by atoms with van der Waals surface area (Å²) in [5, 5.41) is 7.37. The van der Waals surface area contributed by atoms with E-state index in [1.165, 1.54) is 24.8 Å². The molecule has 1 aliphatic carbocycles. The van der Waals surface area contributed by atoms with E-state index in [0.717, 1.165) is 35.5 Å². The number of benzene rings is 1. The Hall–Kier alpha value is -2.89. The molecule has 0 radical (unpaired) electrons. The van der Waals surface area contributed by atoms with E-state index in [1.807, 2.05) is 23.1 Å². The highest BCUT2D eigenvalue weighted by atomic mass is 16.2. The van der Waals surface area contributed by atoms with E-state index >= 15 is 0 Å². The largest absolute Gasteiger partial charge is 0.347 e. The van der Waals surface area contributed by atoms with Crippen molar-refractivity contribution >= 4 is 5.91 Å². The smallest absolute Gasteiger partial charge is 0.257 e. The van der Waals surface area contributed by atoms with Crippen LogP contribution < -0.4 is 0 Å². The van der Waals surface area contributed by atoms with Crippen LogP contribution >= 0.6 is 0 Å². The van der Waals surface area contributed by atoms with Crippen molar-refractivity contribution in [1.82, 2.24) is 25.1 Å². The van der Waals surface area contributed by atoms with Gasteiger partial charge in [-0.25, -0.2) is 4.98 Å². The predicted octanol–water partition coefficient (Wildman–Crippen LogP) is 3.97. The molecule has 1 fully saturated rings. The van der Waals surface area contributed by atoms with Crippen molar-refractivity contribution in [2.75, 3.05) is 6.54 Å². The summed E-state index contributed by atoms with van der Waals surface area (Å²) in [5.74, 6) is 0.577. The van der Waals surface area contributed by atoms with E-state index in [9.17, 15) is 4.79 Å². The lowest BCUT2D eigenvalue weighted by Gasteiger charge is -2.32. The zero-order valence-corrected chi connectivity index (χ0v) is 15.9. The van der Waals surface area contributed by atoms with Gasteiger partial charge in [0.15, 0.2) is 0 Å². The Kier molecular flexibility index (Phi) is 4.47. The molecule has 0 spiro atoms. The van der Waals surface area contributed by atoms with Crippen LogP contribution in [0, 0.1) is 0 Å². The van der Waals surface area contributed by atoms with Crippen molar-refractivity contribution in [2.45, 2.75) is 50.5 Å². The van der Waals surface area contributed by atoms with Crippen molar-refractivity contribution in [1.29, 1.82) is 0 Å². The molecule has 6 nitrogen and oxygen atoms in total. The van der Waals surface area contributed by atoms with Crippen LogP contribution in [0.1, 0.15) is 76.9 Å². The number of hydrogen-bond donors (Lipinski definition) is 2. The third kappa shape index (κ3) is 3.03. The molecule has 2 N–H and O–H groups in total. The number of aromatic amines is 2. The number of hydrogen-bond acceptors (Lipinski definition) is 3. The van der Waals surface area contributed by atoms with E-state index in [-0.39, 0.29) is 11.8 Å². The Morgan fingerprint density at radius 1 is 1.11 bits per heavy atom. The lowest BCUT2D eigenvalue weighted by Crippen LogP contribution is -2.39. The molecule has 0 bridgehead atoms. The summed E-state index contributed by atoms with van der Waals surface area (Å²) in [6, 6.07) is 10.3. The Balaban J connectivity index is 1.44. The topological polar surface area (TPSA) is 77.7 Å². The number of carbonyl (C=O) groups is 1. The molecule has 1 amide bonds. The molecular weight excluding hydrogens is 350 g/mol. The number of imidazole rings is 1. The zero-order valence-electron chi connectivity index (χ0n) is 15.9. The lowest BCUT2D eigenvalue weighted by molar-refractivity contribution is 0.0720. The highest BCUT2D eigenvalue weighted by Gasteiger charge is 2.33. The number of aromatic nitrogens is 4. The molecule has 1 unspecified atom stereocenters. The van der Waals surface area contributed by atoms with Crippen molar-refractivity contribution in [2.24, 2.45) is 0 Å². The molecule has 144 valence electrons. The number of carbonyl (C=O) groups excluding carboxylic acids is 1. The Labute approximate surface area is 164 Å². The molecule has 6 heteroatoms. The maximum atomic E-state index is 13.5. The van der Waals surface area contributed by atoms with Gasteiger partial charge in [0, 0.05) is 18.4 Å². The first-order valence-corrected chi connectivity index (χ1v) is 10.2. The van der Waals surface area contributed by atoms with Gasteiger partial charge >= 0.3 is 0 Å². The van der Waals surface area contributed by atoms with Gasteiger partial charge in [-0.1, -0.05) is 49.6 Å². The van der Waals surface area contributed by atoms with E-state index in [0.29, 0.717) is 19.0 Å². The van der Waals surface area contributed by atoms with Crippen molar-refractivity contribution < 1.29 is 4.79 Å². The second-order valence-corrected chi connectivity index (χ2v) is 7.95. The Morgan fingerprint density at radius 2 is 1.93 bits per heavy atom. The molecule has 28 heavy (non-hydrogen) atoms. The molecule has 0 saturated heterocycles. The van der Waals surface area contributed by atoms with Crippen molar-refractivity contribution in [3.63, 3.8) is 0 Å². The van der Waals surface area contributed by atoms with Crippen LogP contribution in [-0.4, -0.2) is 37.5 Å². The molecule has 1 aliphatic heterocycles. The monoisotopic (exact) mass is 375 g/mol. The quantitative estimate of drug-likeness (QED) is 0.727. The summed E-state index contributed by atoms with van der Waals surface area (Å²) in [6.07, 6.45) is 9.48. The van der Waals surface area contributed by atoms with Crippen LogP contribution in [0.4, 0.5) is 0 Å². The molecule has 3 heterocycles. The molecule has 3 aromatic rings. The summed E-state index contributed by atoms with van der Waals surface area (Å²) in [4.78, 5) is 23.2. The molecular formula is C22H25N5O. The first-order chi connectivity index (χ1) is 13.8. The molecule has 1 aromatic carbocycles. The Morgan fingerprint density at radius 3 is 2.75 bits per heavy atom. The lowest BCUT2D eigenvalue weighted by atomic mass is 9.85. The van der Waals surface area contributed by atoms with Gasteiger partial charge in [-0.15, -0.1) is 0 Å². The third-order valence-electron chi connectivity index (χ3n) is 6.24. The average molecular weight is 375 g/mol. The van der Waals surface area contributed by atoms with Gasteiger partial charge in [0.1, 0.15) is 0 Å². The molecule has 2 aromatic heterocycles. The normalized spacial score (nSPS) is 20.1. The van der Waals surface area contributed by atoms with Crippen LogP contribution in [0.25, 0.3) is 0 Å². The summed E-state index contributed by atoms with van der Waals surface area (Å²) in [6.45, 7) is 1.20. The predicted molar refractivity (Wildman–Crippen MR) is 106 cm³/mol. The molecule has 1 saturated carbocycles. The summed E-state index contributed by atoms with van der Waals surface area (Å²) in [7, 11) is 0. The maximum absolute atomic E-state index is 13.5. The van der Waals surface area contributed by atoms with Gasteiger partial charge in [-0.3, -0.25) is 9.89 Å². The number of nitrogens with zero attached hydrogens (tertiary/aromatic N) is 3. The minimum Gasteiger partial charge on any atom is -0.347 e. The molecule has 2 aliphatic rings. The molecule has 5 rings (SSSR count). The maximum Gasteiger partial charge on any atom is 0.257 e. The average Bonchev–Trinajstić information content (AvgIpc) is 3.43. The van der Waals surface area contributed by atoms with Crippen LogP contribution in [0.2, 0.25) is 0 Å². The van der Waals surface area contributed by atoms with Gasteiger partial charge in [0.2, 0.25) is 0 Å². The van der Waals surface area contributed by atoms with Crippen molar-refractivity contribution in [3.05, 3.63) is 71.1 Å². The first kappa shape index (κ1) is 17.2. The Bertz CT molecular complexity index is 954. The van der Waals surface area contributed by atoms with Crippen LogP contribution in [0.3, 0.4) is 0 Å². The number of nitrogens with one attached hydrogen (secondary N) is 2. The van der Waals surface area contributed by atoms with Gasteiger partial charge in [0.25, 0.3) is 5.91 Å². The number of rotatable bonds is 3. The van der Waals surface area contributed by atoms with Crippen LogP contribution in [-0.2, 0) is 6.54 Å². The number of H-pyrrole nitrogens is 2. The summed E-state index contributed by atoms with van der Waals surface area (Å²) >= 11 is 0. The summed E-state index contributed by atoms with van der Waals surface area (Å²) < 4.78 is 0. The van der Waals surface area contributed by atoms with Gasteiger partial charge in [0.05, 0.1) is 41.7 Å². The fourth-order valence-electron chi connectivity index (χ4n) is 4.76. The zero-order chi connectivity index (χ0) is 18.9. The highest BCUT2D eigenvalue weighted by molar-refractivity contribution is 5.95. The van der Waals surface area contributed by atoms with E-state index in [4.69, 9.17) is 0 Å². The minimum absolute atomic E-state index is 0.0653. The SMILES string of the molecule is O=C(c1cn[nH]c1C1CCCCC1)N1Cc2[nH]cnc2C(c2ccccc2)C1. The number of fused-ring (bicyclic) bond motifs is 1. The standard InChI is InChI=1S/C22H25N5O/c28-22(17-11-25-26-20(17)16-9-5-2-6-10-16)27-12-18(15-7-3-1-4-8-15)21-19(13-27)23-14-24-21/h1,3-4,7-8,11,14,16,18H,2,5-6,9-10,12-13H2,(H,23,24)(H,25,26). The fraction of sp³-hybridized carbons (Fsp3) is 0.409. The third-order valence-corrected chi connectivity index (χ3v) is 6.24. The summed E-state index contributed by atoms with van der Waals surface area (Å²) in [5.41, 5.74) is 5.03. The van der Waals surface area contributed by atoms with E-state index in [1.54, 1.807) is 12.5 Å². The number of amides is 1. The van der Waals surface area contributed by atoms with E-state index in [2.05, 4.69) is 32.3 Å². The van der Waals surface area contributed by atoms with Crippen LogP contribution in [0.15, 0.2) is 42.9 Å². The molecule has 1 atom stereocenters. The van der Waals surface area contributed by atoms with Gasteiger partial charge in [-0.05, 0) is 18.4 Å². The second kappa shape index (κ2) is 7.26. The van der Waals surface area contributed by atoms with Crippen molar-refractivity contribution in [3.8, 4) is 0 Å². The first-order valence-electron chi connectivity index (χ1n) is 10.2. The van der Waals surface area contributed by atoms with E-state index < -0.39 is 0 Å². The highest BCUT2D eigenvalue weighted by Crippen LogP contribution is 2.35. The van der Waals surface area contributed by atoms with Crippen LogP contribution in [0.5, 0.6) is 0 Å².